The van der Waals surface area contributed by atoms with E-state index in [4.69, 9.17) is 4.99 Å². The highest BCUT2D eigenvalue weighted by atomic mass is 15.4. The molecule has 178 valence electrons. The molecule has 1 saturated heterocycles. The van der Waals surface area contributed by atoms with Gasteiger partial charge in [0.1, 0.15) is 11.4 Å². The first-order valence-electron chi connectivity index (χ1n) is 13.0. The highest BCUT2D eigenvalue weighted by molar-refractivity contribution is 6.06. The number of amidine groups is 1. The molecule has 0 amide bonds. The molecular formula is C35H28N2. The van der Waals surface area contributed by atoms with Crippen LogP contribution in [0.3, 0.4) is 0 Å². The second kappa shape index (κ2) is 8.31. The van der Waals surface area contributed by atoms with E-state index in [2.05, 4.69) is 157 Å². The molecule has 7 rings (SSSR count). The molecule has 0 bridgehead atoms. The van der Waals surface area contributed by atoms with Gasteiger partial charge in [0.15, 0.2) is 0 Å². The minimum Gasteiger partial charge on any atom is -0.333 e. The fourth-order valence-electron chi connectivity index (χ4n) is 6.76. The van der Waals surface area contributed by atoms with Crippen molar-refractivity contribution in [3.63, 3.8) is 0 Å². The molecule has 0 radical (unpaired) electrons. The van der Waals surface area contributed by atoms with Crippen LogP contribution in [0, 0.1) is 0 Å². The smallest absolute Gasteiger partial charge is 0.120 e. The van der Waals surface area contributed by atoms with E-state index in [9.17, 15) is 0 Å². The van der Waals surface area contributed by atoms with Crippen LogP contribution in [-0.4, -0.2) is 10.7 Å². The summed E-state index contributed by atoms with van der Waals surface area (Å²) in [6.07, 6.45) is 0. The molecule has 2 heteroatoms. The van der Waals surface area contributed by atoms with Crippen LogP contribution in [0.5, 0.6) is 0 Å². The van der Waals surface area contributed by atoms with Crippen molar-refractivity contribution < 1.29 is 0 Å². The number of hydrogen-bond acceptors (Lipinski definition) is 2. The Kier molecular flexibility index (Phi) is 4.90. The zero-order chi connectivity index (χ0) is 24.9. The Morgan fingerprint density at radius 1 is 0.541 bits per heavy atom. The molecule has 0 aliphatic carbocycles. The fraction of sp³-hybridized carbons (Fsp3) is 0.114. The van der Waals surface area contributed by atoms with Crippen LogP contribution in [-0.2, 0) is 11.0 Å². The predicted octanol–water partition coefficient (Wildman–Crippen LogP) is 8.04. The van der Waals surface area contributed by atoms with Crippen LogP contribution < -0.4 is 0 Å². The topological polar surface area (TPSA) is 15.6 Å². The summed E-state index contributed by atoms with van der Waals surface area (Å²) in [6.45, 7) is 2.38. The van der Waals surface area contributed by atoms with Gasteiger partial charge in [0.2, 0.25) is 0 Å². The summed E-state index contributed by atoms with van der Waals surface area (Å²) in [5.74, 6) is 1.11. The highest BCUT2D eigenvalue weighted by Gasteiger charge is 2.71. The molecule has 2 nitrogen and oxygen atoms in total. The van der Waals surface area contributed by atoms with Crippen LogP contribution in [0.2, 0.25) is 0 Å². The van der Waals surface area contributed by atoms with E-state index < -0.39 is 11.0 Å². The third-order valence-corrected chi connectivity index (χ3v) is 8.33. The maximum atomic E-state index is 5.41. The van der Waals surface area contributed by atoms with Crippen molar-refractivity contribution in [1.82, 2.24) is 4.90 Å². The van der Waals surface area contributed by atoms with Crippen molar-refractivity contribution in [2.75, 3.05) is 0 Å². The lowest BCUT2D eigenvalue weighted by molar-refractivity contribution is 0.0388. The van der Waals surface area contributed by atoms with Gasteiger partial charge in [-0.1, -0.05) is 140 Å². The van der Waals surface area contributed by atoms with Gasteiger partial charge in [-0.15, -0.1) is 0 Å². The Morgan fingerprint density at radius 2 is 1.00 bits per heavy atom. The molecule has 2 aliphatic heterocycles. The second-order valence-electron chi connectivity index (χ2n) is 10.1. The van der Waals surface area contributed by atoms with Gasteiger partial charge in [-0.3, -0.25) is 0 Å². The van der Waals surface area contributed by atoms with Crippen molar-refractivity contribution in [3.8, 4) is 0 Å². The molecule has 0 unspecified atom stereocenters. The molecule has 0 spiro atoms. The van der Waals surface area contributed by atoms with Gasteiger partial charge in [0.05, 0.1) is 17.1 Å². The van der Waals surface area contributed by atoms with Crippen molar-refractivity contribution in [2.45, 2.75) is 23.9 Å². The minimum atomic E-state index is -0.469. The maximum Gasteiger partial charge on any atom is 0.120 e. The quantitative estimate of drug-likeness (QED) is 0.256. The van der Waals surface area contributed by atoms with E-state index in [1.54, 1.807) is 0 Å². The third-order valence-electron chi connectivity index (χ3n) is 8.33. The van der Waals surface area contributed by atoms with Crippen LogP contribution in [0.25, 0.3) is 0 Å². The molecule has 0 saturated carbocycles. The van der Waals surface area contributed by atoms with Crippen LogP contribution in [0.15, 0.2) is 151 Å². The highest BCUT2D eigenvalue weighted by Crippen LogP contribution is 2.66. The predicted molar refractivity (Wildman–Crippen MR) is 151 cm³/mol. The largest absolute Gasteiger partial charge is 0.333 e. The van der Waals surface area contributed by atoms with E-state index in [0.29, 0.717) is 0 Å². The van der Waals surface area contributed by atoms with Crippen LogP contribution >= 0.6 is 0 Å². The summed E-state index contributed by atoms with van der Waals surface area (Å²) in [4.78, 5) is 8.01. The van der Waals surface area contributed by atoms with E-state index in [0.717, 1.165) is 11.5 Å². The third kappa shape index (κ3) is 2.90. The maximum absolute atomic E-state index is 5.41. The molecular weight excluding hydrogens is 448 g/mol. The van der Waals surface area contributed by atoms with E-state index in [1.165, 1.54) is 27.8 Å². The summed E-state index contributed by atoms with van der Waals surface area (Å²) in [6, 6.07) is 52.5. The lowest BCUT2D eigenvalue weighted by Gasteiger charge is -2.70. The Balaban J connectivity index is 1.62. The Hall–Kier alpha value is -4.43. The fourth-order valence-corrected chi connectivity index (χ4v) is 6.76. The van der Waals surface area contributed by atoms with Crippen LogP contribution in [0.4, 0.5) is 5.69 Å². The lowest BCUT2D eigenvalue weighted by atomic mass is 9.51. The molecule has 5 aromatic carbocycles. The lowest BCUT2D eigenvalue weighted by Crippen LogP contribution is -2.78. The summed E-state index contributed by atoms with van der Waals surface area (Å²) >= 11 is 0. The van der Waals surface area contributed by atoms with E-state index in [1.807, 2.05) is 0 Å². The molecule has 2 atom stereocenters. The summed E-state index contributed by atoms with van der Waals surface area (Å²) < 4.78 is 0. The Morgan fingerprint density at radius 3 is 1.57 bits per heavy atom. The number of hydrogen-bond donors (Lipinski definition) is 0. The molecule has 0 aromatic heterocycles. The average Bonchev–Trinajstić information content (AvgIpc) is 2.98. The summed E-state index contributed by atoms with van der Waals surface area (Å²) in [5, 5.41) is 0. The minimum absolute atomic E-state index is 0.0297. The zero-order valence-corrected chi connectivity index (χ0v) is 20.8. The first-order valence-corrected chi connectivity index (χ1v) is 13.0. The summed E-state index contributed by atoms with van der Waals surface area (Å²) in [5.41, 5.74) is 6.51. The number of fused-ring (bicyclic) bond motifs is 2. The van der Waals surface area contributed by atoms with Gasteiger partial charge in [0, 0.05) is 5.56 Å². The normalized spacial score (nSPS) is 21.3. The average molecular weight is 477 g/mol. The van der Waals surface area contributed by atoms with Crippen molar-refractivity contribution >= 4 is 11.5 Å². The number of benzene rings is 5. The number of aliphatic imine (C=N–C) groups is 1. The molecule has 2 aliphatic rings. The van der Waals surface area contributed by atoms with E-state index in [-0.39, 0.29) is 6.04 Å². The molecule has 37 heavy (non-hydrogen) atoms. The molecule has 0 N–H and O–H groups in total. The number of para-hydroxylation sites is 1. The summed E-state index contributed by atoms with van der Waals surface area (Å²) in [7, 11) is 0. The Bertz CT molecular complexity index is 1540. The zero-order valence-electron chi connectivity index (χ0n) is 20.8. The van der Waals surface area contributed by atoms with Gasteiger partial charge in [-0.05, 0) is 35.2 Å². The van der Waals surface area contributed by atoms with Crippen molar-refractivity contribution in [1.29, 1.82) is 0 Å². The van der Waals surface area contributed by atoms with Crippen molar-refractivity contribution in [3.05, 3.63) is 173 Å². The molecule has 2 heterocycles. The van der Waals surface area contributed by atoms with Gasteiger partial charge in [-0.2, -0.15) is 0 Å². The van der Waals surface area contributed by atoms with Gasteiger partial charge >= 0.3 is 0 Å². The standard InChI is InChI=1S/C35H28N2/c1-34(27-18-8-3-9-19-27)33-36-31-25-15-14-24-30(31)32(26-16-6-2-7-17-26)37(33)35(34,28-20-10-4-11-21-28)29-22-12-5-13-23-29/h2-25,32H,1H3/t32-,34-/m0/s1. The van der Waals surface area contributed by atoms with Gasteiger partial charge in [-0.25, -0.2) is 4.99 Å². The number of nitrogens with zero attached hydrogens (tertiary/aromatic N) is 2. The second-order valence-corrected chi connectivity index (χ2v) is 10.1. The molecule has 1 fully saturated rings. The Labute approximate surface area is 218 Å². The first kappa shape index (κ1) is 21.8. The van der Waals surface area contributed by atoms with Gasteiger partial charge in [0.25, 0.3) is 0 Å². The van der Waals surface area contributed by atoms with E-state index >= 15 is 0 Å². The SMILES string of the molecule is C[C@]1(c2ccccc2)C2=Nc3ccccc3[C@H](c3ccccc3)N2C1(c1ccccc1)c1ccccc1. The first-order chi connectivity index (χ1) is 18.3. The monoisotopic (exact) mass is 476 g/mol. The van der Waals surface area contributed by atoms with Gasteiger partial charge < -0.3 is 4.90 Å². The van der Waals surface area contributed by atoms with Crippen molar-refractivity contribution in [2.24, 2.45) is 4.99 Å². The molecule has 5 aromatic rings. The van der Waals surface area contributed by atoms with Crippen LogP contribution in [0.1, 0.15) is 40.8 Å². The number of rotatable bonds is 4.